The fourth-order valence-corrected chi connectivity index (χ4v) is 3.34. The Kier molecular flexibility index (Phi) is 4.53. The SMILES string of the molecule is O=C(NCc1cccnc1)c1ccn(-c2ccc3ccc(-c4ccncc4)cn23)n1. The highest BCUT2D eigenvalue weighted by Crippen LogP contribution is 2.22. The second-order valence-electron chi connectivity index (χ2n) is 6.83. The molecule has 0 saturated heterocycles. The lowest BCUT2D eigenvalue weighted by molar-refractivity contribution is 0.0945. The van der Waals surface area contributed by atoms with Crippen LogP contribution in [0.15, 0.2) is 91.8 Å². The van der Waals surface area contributed by atoms with E-state index in [4.69, 9.17) is 0 Å². The number of carbonyl (C=O) groups excluding carboxylic acids is 1. The van der Waals surface area contributed by atoms with Crippen LogP contribution in [0.5, 0.6) is 0 Å². The number of aromatic nitrogens is 5. The number of rotatable bonds is 5. The zero-order valence-corrected chi connectivity index (χ0v) is 16.0. The van der Waals surface area contributed by atoms with Crippen LogP contribution in [0.25, 0.3) is 22.5 Å². The maximum absolute atomic E-state index is 12.5. The quantitative estimate of drug-likeness (QED) is 0.495. The predicted octanol–water partition coefficient (Wildman–Crippen LogP) is 3.51. The molecule has 0 aromatic carbocycles. The molecule has 5 rings (SSSR count). The number of nitrogens with one attached hydrogen (secondary N) is 1. The van der Waals surface area contributed by atoms with Gasteiger partial charge >= 0.3 is 0 Å². The average Bonchev–Trinajstić information content (AvgIpc) is 3.45. The monoisotopic (exact) mass is 394 g/mol. The Labute approximate surface area is 172 Å². The van der Waals surface area contributed by atoms with Crippen LogP contribution in [0.2, 0.25) is 0 Å². The lowest BCUT2D eigenvalue weighted by Crippen LogP contribution is -2.23. The molecule has 1 N–H and O–H groups in total. The lowest BCUT2D eigenvalue weighted by atomic mass is 10.1. The van der Waals surface area contributed by atoms with Crippen molar-refractivity contribution in [2.24, 2.45) is 0 Å². The summed E-state index contributed by atoms with van der Waals surface area (Å²) in [7, 11) is 0. The molecule has 146 valence electrons. The number of pyridine rings is 3. The fraction of sp³-hybridized carbons (Fsp3) is 0.0435. The van der Waals surface area contributed by atoms with Crippen LogP contribution in [0, 0.1) is 0 Å². The van der Waals surface area contributed by atoms with Crippen LogP contribution in [0.1, 0.15) is 16.1 Å². The van der Waals surface area contributed by atoms with Crippen molar-refractivity contribution in [3.63, 3.8) is 0 Å². The van der Waals surface area contributed by atoms with Crippen LogP contribution in [0.4, 0.5) is 0 Å². The van der Waals surface area contributed by atoms with Gasteiger partial charge in [-0.3, -0.25) is 14.8 Å². The van der Waals surface area contributed by atoms with E-state index in [1.807, 2.05) is 36.4 Å². The first-order valence-corrected chi connectivity index (χ1v) is 9.52. The van der Waals surface area contributed by atoms with Gasteiger partial charge in [-0.25, -0.2) is 4.68 Å². The number of hydrogen-bond donors (Lipinski definition) is 1. The highest BCUT2D eigenvalue weighted by atomic mass is 16.1. The number of fused-ring (bicyclic) bond motifs is 1. The molecule has 0 unspecified atom stereocenters. The summed E-state index contributed by atoms with van der Waals surface area (Å²) in [5, 5.41) is 7.35. The van der Waals surface area contributed by atoms with Crippen LogP contribution in [0.3, 0.4) is 0 Å². The zero-order valence-electron chi connectivity index (χ0n) is 16.0. The van der Waals surface area contributed by atoms with Crippen molar-refractivity contribution in [2.45, 2.75) is 6.54 Å². The van der Waals surface area contributed by atoms with E-state index in [2.05, 4.69) is 43.1 Å². The maximum Gasteiger partial charge on any atom is 0.272 e. The minimum Gasteiger partial charge on any atom is -0.347 e. The molecule has 5 heterocycles. The van der Waals surface area contributed by atoms with Gasteiger partial charge in [0.25, 0.3) is 5.91 Å². The van der Waals surface area contributed by atoms with E-state index in [0.29, 0.717) is 12.2 Å². The van der Waals surface area contributed by atoms with Gasteiger partial charge < -0.3 is 9.72 Å². The first-order valence-electron chi connectivity index (χ1n) is 9.52. The summed E-state index contributed by atoms with van der Waals surface area (Å²) in [5.41, 5.74) is 4.50. The molecule has 5 aromatic rings. The summed E-state index contributed by atoms with van der Waals surface area (Å²) in [6.07, 6.45) is 10.8. The van der Waals surface area contributed by atoms with Gasteiger partial charge in [0, 0.05) is 49.2 Å². The third-order valence-corrected chi connectivity index (χ3v) is 4.88. The molecule has 1 amide bonds. The van der Waals surface area contributed by atoms with Gasteiger partial charge in [-0.1, -0.05) is 12.1 Å². The number of carbonyl (C=O) groups is 1. The highest BCUT2D eigenvalue weighted by Gasteiger charge is 2.12. The predicted molar refractivity (Wildman–Crippen MR) is 113 cm³/mol. The molecular formula is C23H18N6O. The lowest BCUT2D eigenvalue weighted by Gasteiger charge is -2.07. The first kappa shape index (κ1) is 17.8. The molecule has 30 heavy (non-hydrogen) atoms. The van der Waals surface area contributed by atoms with Crippen molar-refractivity contribution >= 4 is 11.4 Å². The van der Waals surface area contributed by atoms with Crippen molar-refractivity contribution < 1.29 is 4.79 Å². The van der Waals surface area contributed by atoms with Crippen molar-refractivity contribution in [3.05, 3.63) is 103 Å². The second-order valence-corrected chi connectivity index (χ2v) is 6.83. The molecule has 0 saturated carbocycles. The third kappa shape index (κ3) is 3.44. The summed E-state index contributed by atoms with van der Waals surface area (Å²) >= 11 is 0. The van der Waals surface area contributed by atoms with E-state index in [1.54, 1.807) is 41.7 Å². The van der Waals surface area contributed by atoms with Gasteiger partial charge in [0.15, 0.2) is 5.69 Å². The van der Waals surface area contributed by atoms with Crippen LogP contribution < -0.4 is 5.32 Å². The molecule has 0 fully saturated rings. The van der Waals surface area contributed by atoms with E-state index >= 15 is 0 Å². The summed E-state index contributed by atoms with van der Waals surface area (Å²) in [6.45, 7) is 0.406. The second kappa shape index (κ2) is 7.63. The van der Waals surface area contributed by atoms with Gasteiger partial charge in [-0.15, -0.1) is 0 Å². The van der Waals surface area contributed by atoms with Crippen molar-refractivity contribution in [3.8, 4) is 16.9 Å². The van der Waals surface area contributed by atoms with Crippen LogP contribution >= 0.6 is 0 Å². The fourth-order valence-electron chi connectivity index (χ4n) is 3.34. The summed E-state index contributed by atoms with van der Waals surface area (Å²) in [4.78, 5) is 20.6. The molecule has 0 aliphatic heterocycles. The van der Waals surface area contributed by atoms with Crippen molar-refractivity contribution in [1.29, 1.82) is 0 Å². The Hall–Kier alpha value is -4.26. The Morgan fingerprint density at radius 2 is 1.77 bits per heavy atom. The molecule has 5 aromatic heterocycles. The van der Waals surface area contributed by atoms with Crippen molar-refractivity contribution in [1.82, 2.24) is 29.5 Å². The van der Waals surface area contributed by atoms with E-state index in [1.165, 1.54) is 0 Å². The number of hydrogen-bond acceptors (Lipinski definition) is 4. The van der Waals surface area contributed by atoms with Gasteiger partial charge in [-0.05, 0) is 59.2 Å². The summed E-state index contributed by atoms with van der Waals surface area (Å²) < 4.78 is 3.77. The normalized spacial score (nSPS) is 10.9. The molecule has 7 heteroatoms. The number of amides is 1. The van der Waals surface area contributed by atoms with Gasteiger partial charge in [0.2, 0.25) is 0 Å². The van der Waals surface area contributed by atoms with Gasteiger partial charge in [0.05, 0.1) is 0 Å². The molecule has 0 atom stereocenters. The van der Waals surface area contributed by atoms with E-state index in [0.717, 1.165) is 28.0 Å². The topological polar surface area (TPSA) is 77.1 Å². The number of nitrogens with zero attached hydrogens (tertiary/aromatic N) is 5. The van der Waals surface area contributed by atoms with E-state index in [9.17, 15) is 4.79 Å². The maximum atomic E-state index is 12.5. The standard InChI is InChI=1S/C23H18N6O/c30-23(26-15-17-2-1-10-25-14-17)21-9-13-29(27-21)22-6-5-20-4-3-19(16-28(20)22)18-7-11-24-12-8-18/h1-14,16H,15H2,(H,26,30). The molecule has 0 spiro atoms. The minimum absolute atomic E-state index is 0.226. The zero-order chi connectivity index (χ0) is 20.3. The smallest absolute Gasteiger partial charge is 0.272 e. The molecule has 0 radical (unpaired) electrons. The van der Waals surface area contributed by atoms with Crippen LogP contribution in [-0.4, -0.2) is 30.1 Å². The third-order valence-electron chi connectivity index (χ3n) is 4.88. The molecule has 0 bridgehead atoms. The Balaban J connectivity index is 1.41. The van der Waals surface area contributed by atoms with Crippen LogP contribution in [-0.2, 0) is 6.54 Å². The molecular weight excluding hydrogens is 376 g/mol. The largest absolute Gasteiger partial charge is 0.347 e. The first-order chi connectivity index (χ1) is 14.8. The highest BCUT2D eigenvalue weighted by molar-refractivity contribution is 5.92. The summed E-state index contributed by atoms with van der Waals surface area (Å²) in [6, 6.07) is 17.6. The molecule has 0 aliphatic carbocycles. The molecule has 7 nitrogen and oxygen atoms in total. The minimum atomic E-state index is -0.226. The van der Waals surface area contributed by atoms with E-state index < -0.39 is 0 Å². The van der Waals surface area contributed by atoms with Gasteiger partial charge in [-0.2, -0.15) is 5.10 Å². The summed E-state index contributed by atoms with van der Waals surface area (Å²) in [5.74, 6) is 0.628. The molecule has 0 aliphatic rings. The van der Waals surface area contributed by atoms with E-state index in [-0.39, 0.29) is 5.91 Å². The van der Waals surface area contributed by atoms with Crippen molar-refractivity contribution in [2.75, 3.05) is 0 Å². The Morgan fingerprint density at radius 3 is 2.60 bits per heavy atom. The Bertz CT molecular complexity index is 1310. The Morgan fingerprint density at radius 1 is 0.900 bits per heavy atom. The average molecular weight is 394 g/mol. The van der Waals surface area contributed by atoms with Gasteiger partial charge in [0.1, 0.15) is 5.82 Å².